The van der Waals surface area contributed by atoms with E-state index in [2.05, 4.69) is 15.6 Å². The van der Waals surface area contributed by atoms with Gasteiger partial charge < -0.3 is 0 Å². The molecule has 0 atom stereocenters. The van der Waals surface area contributed by atoms with Crippen molar-refractivity contribution in [3.63, 3.8) is 0 Å². The van der Waals surface area contributed by atoms with Crippen molar-refractivity contribution in [1.82, 2.24) is 15.2 Å². The highest BCUT2D eigenvalue weighted by Crippen LogP contribution is 2.10. The minimum atomic E-state index is -0.213. The van der Waals surface area contributed by atoms with Gasteiger partial charge in [-0.05, 0) is 44.5 Å². The number of nitrogens with zero attached hydrogens (tertiary/aromatic N) is 3. The lowest BCUT2D eigenvalue weighted by molar-refractivity contribution is -0.121. The Morgan fingerprint density at radius 1 is 1.33 bits per heavy atom. The van der Waals surface area contributed by atoms with E-state index >= 15 is 0 Å². The average Bonchev–Trinajstić information content (AvgIpc) is 2.75. The fraction of sp³-hybridized carbons (Fsp3) is 0.267. The van der Waals surface area contributed by atoms with Crippen LogP contribution in [-0.4, -0.2) is 21.4 Å². The molecular weight excluding hydrogens is 288 g/mol. The topological polar surface area (TPSA) is 59.3 Å². The van der Waals surface area contributed by atoms with Gasteiger partial charge in [-0.15, -0.1) is 0 Å². The first-order valence-corrected chi connectivity index (χ1v) is 6.93. The zero-order valence-corrected chi connectivity index (χ0v) is 13.0. The Balaban J connectivity index is 1.98. The molecule has 0 saturated heterocycles. The number of aromatic nitrogens is 2. The van der Waals surface area contributed by atoms with Gasteiger partial charge in [0.15, 0.2) is 0 Å². The smallest absolute Gasteiger partial charge is 0.261 e. The number of carbonyl (C=O) groups is 1. The molecule has 0 aliphatic heterocycles. The van der Waals surface area contributed by atoms with E-state index in [0.29, 0.717) is 10.7 Å². The Morgan fingerprint density at radius 3 is 2.57 bits per heavy atom. The Bertz CT molecular complexity index is 673. The van der Waals surface area contributed by atoms with Crippen LogP contribution in [0.2, 0.25) is 5.02 Å². The van der Waals surface area contributed by atoms with E-state index in [-0.39, 0.29) is 12.5 Å². The molecule has 0 saturated carbocycles. The molecule has 2 aromatic rings. The maximum atomic E-state index is 11.9. The highest BCUT2D eigenvalue weighted by atomic mass is 35.5. The molecule has 0 aliphatic carbocycles. The summed E-state index contributed by atoms with van der Waals surface area (Å²) in [5.41, 5.74) is 6.00. The van der Waals surface area contributed by atoms with E-state index in [1.807, 2.05) is 39.0 Å². The van der Waals surface area contributed by atoms with Gasteiger partial charge in [0.1, 0.15) is 6.54 Å². The average molecular weight is 305 g/mol. The van der Waals surface area contributed by atoms with Crippen molar-refractivity contribution in [2.75, 3.05) is 0 Å². The van der Waals surface area contributed by atoms with Gasteiger partial charge in [0.25, 0.3) is 5.91 Å². The number of halogens is 1. The normalized spacial score (nSPS) is 11.5. The van der Waals surface area contributed by atoms with Crippen molar-refractivity contribution in [1.29, 1.82) is 0 Å². The summed E-state index contributed by atoms with van der Waals surface area (Å²) >= 11 is 5.83. The standard InChI is InChI=1S/C15H17ClN4O/c1-10-8-11(2)20(19-10)9-15(21)18-17-12(3)13-4-6-14(16)7-5-13/h4-8H,9H2,1-3H3,(H,18,21)/b17-12-. The number of hydrogen-bond donors (Lipinski definition) is 1. The third kappa shape index (κ3) is 4.16. The predicted molar refractivity (Wildman–Crippen MR) is 83.5 cm³/mol. The van der Waals surface area contributed by atoms with Crippen molar-refractivity contribution < 1.29 is 4.79 Å². The van der Waals surface area contributed by atoms with Gasteiger partial charge in [-0.1, -0.05) is 23.7 Å². The number of hydrogen-bond acceptors (Lipinski definition) is 3. The van der Waals surface area contributed by atoms with Gasteiger partial charge >= 0.3 is 0 Å². The fourth-order valence-electron chi connectivity index (χ4n) is 1.91. The fourth-order valence-corrected chi connectivity index (χ4v) is 2.03. The molecular formula is C15H17ClN4O. The summed E-state index contributed by atoms with van der Waals surface area (Å²) in [5.74, 6) is -0.213. The van der Waals surface area contributed by atoms with Gasteiger partial charge in [0.2, 0.25) is 0 Å². The van der Waals surface area contributed by atoms with Crippen LogP contribution in [0.5, 0.6) is 0 Å². The molecule has 5 nitrogen and oxygen atoms in total. The number of rotatable bonds is 4. The van der Waals surface area contributed by atoms with E-state index in [0.717, 1.165) is 17.0 Å². The molecule has 0 fully saturated rings. The van der Waals surface area contributed by atoms with E-state index in [9.17, 15) is 4.79 Å². The first-order chi connectivity index (χ1) is 9.95. The highest BCUT2D eigenvalue weighted by molar-refractivity contribution is 6.30. The van der Waals surface area contributed by atoms with Crippen molar-refractivity contribution in [2.45, 2.75) is 27.3 Å². The number of nitrogens with one attached hydrogen (secondary N) is 1. The molecule has 1 N–H and O–H groups in total. The Labute approximate surface area is 128 Å². The van der Waals surface area contributed by atoms with Gasteiger partial charge in [0, 0.05) is 10.7 Å². The number of amides is 1. The summed E-state index contributed by atoms with van der Waals surface area (Å²) < 4.78 is 1.65. The van der Waals surface area contributed by atoms with Crippen LogP contribution in [0.4, 0.5) is 0 Å². The van der Waals surface area contributed by atoms with Gasteiger partial charge in [-0.2, -0.15) is 10.2 Å². The van der Waals surface area contributed by atoms with Crippen LogP contribution in [0, 0.1) is 13.8 Å². The second-order valence-electron chi connectivity index (χ2n) is 4.82. The third-order valence-electron chi connectivity index (χ3n) is 3.01. The number of aryl methyl sites for hydroxylation is 2. The van der Waals surface area contributed by atoms with Crippen LogP contribution < -0.4 is 5.43 Å². The molecule has 0 bridgehead atoms. The van der Waals surface area contributed by atoms with E-state index < -0.39 is 0 Å². The molecule has 0 unspecified atom stereocenters. The second kappa shape index (κ2) is 6.54. The monoisotopic (exact) mass is 304 g/mol. The van der Waals surface area contributed by atoms with Crippen molar-refractivity contribution in [3.05, 3.63) is 52.3 Å². The quantitative estimate of drug-likeness (QED) is 0.697. The van der Waals surface area contributed by atoms with Gasteiger partial charge in [-0.3, -0.25) is 9.48 Å². The predicted octanol–water partition coefficient (Wildman–Crippen LogP) is 2.69. The SMILES string of the molecule is C/C(=N/NC(=O)Cn1nc(C)cc1C)c1ccc(Cl)cc1. The van der Waals surface area contributed by atoms with Gasteiger partial charge in [-0.25, -0.2) is 5.43 Å². The van der Waals surface area contributed by atoms with Crippen LogP contribution in [0.3, 0.4) is 0 Å². The molecule has 6 heteroatoms. The molecule has 0 spiro atoms. The molecule has 0 aliphatic rings. The highest BCUT2D eigenvalue weighted by Gasteiger charge is 2.06. The number of hydrazone groups is 1. The Hall–Kier alpha value is -2.14. The summed E-state index contributed by atoms with van der Waals surface area (Å²) in [5, 5.41) is 8.99. The largest absolute Gasteiger partial charge is 0.271 e. The van der Waals surface area contributed by atoms with Crippen molar-refractivity contribution >= 4 is 23.2 Å². The van der Waals surface area contributed by atoms with Crippen LogP contribution >= 0.6 is 11.6 Å². The van der Waals surface area contributed by atoms with Crippen molar-refractivity contribution in [3.8, 4) is 0 Å². The van der Waals surface area contributed by atoms with Crippen LogP contribution in [0.25, 0.3) is 0 Å². The Morgan fingerprint density at radius 2 is 2.00 bits per heavy atom. The molecule has 1 heterocycles. The summed E-state index contributed by atoms with van der Waals surface area (Å²) in [6.45, 7) is 5.78. The van der Waals surface area contributed by atoms with Crippen molar-refractivity contribution in [2.24, 2.45) is 5.10 Å². The third-order valence-corrected chi connectivity index (χ3v) is 3.26. The van der Waals surface area contributed by atoms with E-state index in [4.69, 9.17) is 11.6 Å². The molecule has 2 rings (SSSR count). The molecule has 110 valence electrons. The number of carbonyl (C=O) groups excluding carboxylic acids is 1. The van der Waals surface area contributed by atoms with E-state index in [1.165, 1.54) is 0 Å². The van der Waals surface area contributed by atoms with Gasteiger partial charge in [0.05, 0.1) is 11.4 Å². The second-order valence-corrected chi connectivity index (χ2v) is 5.26. The number of benzene rings is 1. The lowest BCUT2D eigenvalue weighted by atomic mass is 10.1. The Kier molecular flexibility index (Phi) is 4.75. The summed E-state index contributed by atoms with van der Waals surface area (Å²) in [7, 11) is 0. The lowest BCUT2D eigenvalue weighted by Gasteiger charge is -2.05. The zero-order chi connectivity index (χ0) is 15.4. The molecule has 1 aromatic carbocycles. The molecule has 0 radical (unpaired) electrons. The maximum absolute atomic E-state index is 11.9. The summed E-state index contributed by atoms with van der Waals surface area (Å²) in [4.78, 5) is 11.9. The molecule has 1 aromatic heterocycles. The lowest BCUT2D eigenvalue weighted by Crippen LogP contribution is -2.25. The summed E-state index contributed by atoms with van der Waals surface area (Å²) in [6, 6.07) is 9.21. The molecule has 1 amide bonds. The minimum Gasteiger partial charge on any atom is -0.271 e. The minimum absolute atomic E-state index is 0.150. The van der Waals surface area contributed by atoms with Crippen LogP contribution in [0.15, 0.2) is 35.4 Å². The first-order valence-electron chi connectivity index (χ1n) is 6.56. The maximum Gasteiger partial charge on any atom is 0.261 e. The first kappa shape index (κ1) is 15.3. The zero-order valence-electron chi connectivity index (χ0n) is 12.2. The van der Waals surface area contributed by atoms with Crippen LogP contribution in [0.1, 0.15) is 23.9 Å². The van der Waals surface area contributed by atoms with E-state index in [1.54, 1.807) is 16.8 Å². The van der Waals surface area contributed by atoms with Crippen LogP contribution in [-0.2, 0) is 11.3 Å². The molecule has 21 heavy (non-hydrogen) atoms. The summed E-state index contributed by atoms with van der Waals surface area (Å²) in [6.07, 6.45) is 0.